The van der Waals surface area contributed by atoms with Crippen LogP contribution < -0.4 is 0 Å². The Morgan fingerprint density at radius 1 is 1.13 bits per heavy atom. The Bertz CT molecular complexity index is 1070. The number of nitrogens with zero attached hydrogens (tertiary/aromatic N) is 1. The van der Waals surface area contributed by atoms with Gasteiger partial charge in [-0.2, -0.15) is 0 Å². The van der Waals surface area contributed by atoms with E-state index in [0.29, 0.717) is 0 Å². The summed E-state index contributed by atoms with van der Waals surface area (Å²) < 4.78 is 20.3. The first-order chi connectivity index (χ1) is 14.8. The number of hydrogen-bond donors (Lipinski definition) is 2. The Morgan fingerprint density at radius 3 is 2.45 bits per heavy atom. The number of aliphatic hydroxyl groups is 2. The van der Waals surface area contributed by atoms with E-state index in [1.54, 1.807) is 18.2 Å². The molecule has 2 atom stereocenters. The van der Waals surface area contributed by atoms with Crippen molar-refractivity contribution in [3.8, 4) is 11.1 Å². The maximum Gasteiger partial charge on any atom is 0.308 e. The summed E-state index contributed by atoms with van der Waals surface area (Å²) in [6.45, 7) is 4.16. The molecule has 1 aromatic heterocycles. The predicted octanol–water partition coefficient (Wildman–Crippen LogP) is 4.72. The van der Waals surface area contributed by atoms with Gasteiger partial charge in [-0.05, 0) is 43.7 Å². The summed E-state index contributed by atoms with van der Waals surface area (Å²) in [6.07, 6.45) is 1.34. The molecule has 2 N–H and O–H groups in total. The van der Waals surface area contributed by atoms with E-state index < -0.39 is 18.2 Å². The fourth-order valence-electron chi connectivity index (χ4n) is 3.84. The average Bonchev–Trinajstić information content (AvgIpc) is 3.07. The molecule has 31 heavy (non-hydrogen) atoms. The Hall–Kier alpha value is -2.96. The number of rotatable bonds is 8. The highest BCUT2D eigenvalue weighted by Gasteiger charge is 2.19. The summed E-state index contributed by atoms with van der Waals surface area (Å²) in [6, 6.07) is 14.5. The second kappa shape index (κ2) is 9.90. The minimum Gasteiger partial charge on any atom is -0.469 e. The molecule has 0 spiro atoms. The van der Waals surface area contributed by atoms with Gasteiger partial charge in [-0.15, -0.1) is 0 Å². The zero-order chi connectivity index (χ0) is 22.5. The standard InChI is InChI=1S/C25H28FNO4/c1-16(2)27-22-7-5-4-6-21(22)25(17-8-10-18(26)11-9-17)23(27)13-12-19(28)14-20(29)15-24(30)31-3/h4-13,16,19-20,28-29H,14-15H2,1-3H3/b13-12+/t19-,20+/m1/s1. The van der Waals surface area contributed by atoms with Crippen molar-refractivity contribution in [2.24, 2.45) is 0 Å². The normalized spacial score (nSPS) is 13.8. The van der Waals surface area contributed by atoms with Crippen LogP contribution in [0.15, 0.2) is 54.6 Å². The minimum atomic E-state index is -1.00. The van der Waals surface area contributed by atoms with Gasteiger partial charge in [0, 0.05) is 34.6 Å². The fourth-order valence-corrected chi connectivity index (χ4v) is 3.84. The van der Waals surface area contributed by atoms with Crippen LogP contribution >= 0.6 is 0 Å². The number of benzene rings is 2. The predicted molar refractivity (Wildman–Crippen MR) is 120 cm³/mol. The highest BCUT2D eigenvalue weighted by Crippen LogP contribution is 2.38. The van der Waals surface area contributed by atoms with E-state index in [1.807, 2.05) is 30.3 Å². The van der Waals surface area contributed by atoms with Crippen LogP contribution in [0.5, 0.6) is 0 Å². The number of hydrogen-bond acceptors (Lipinski definition) is 4. The monoisotopic (exact) mass is 425 g/mol. The van der Waals surface area contributed by atoms with Gasteiger partial charge in [-0.1, -0.05) is 36.4 Å². The van der Waals surface area contributed by atoms with Crippen LogP contribution in [-0.2, 0) is 9.53 Å². The van der Waals surface area contributed by atoms with E-state index in [-0.39, 0.29) is 24.7 Å². The molecule has 0 saturated heterocycles. The molecule has 0 fully saturated rings. The molecular weight excluding hydrogens is 397 g/mol. The number of ether oxygens (including phenoxy) is 1. The number of carbonyl (C=O) groups is 1. The number of aliphatic hydroxyl groups excluding tert-OH is 2. The SMILES string of the molecule is COC(=O)C[C@@H](O)C[C@H](O)/C=C/c1c(-c2ccc(F)cc2)c2ccccc2n1C(C)C. The van der Waals surface area contributed by atoms with Gasteiger partial charge < -0.3 is 19.5 Å². The van der Waals surface area contributed by atoms with Gasteiger partial charge in [-0.3, -0.25) is 4.79 Å². The molecule has 2 aromatic carbocycles. The molecule has 1 heterocycles. The third-order valence-electron chi connectivity index (χ3n) is 5.22. The summed E-state index contributed by atoms with van der Waals surface area (Å²) in [5.41, 5.74) is 3.74. The molecule has 3 rings (SSSR count). The Balaban J connectivity index is 2.03. The second-order valence-electron chi connectivity index (χ2n) is 7.84. The average molecular weight is 426 g/mol. The molecular formula is C25H28FNO4. The Kier molecular flexibility index (Phi) is 7.25. The Morgan fingerprint density at radius 2 is 1.81 bits per heavy atom. The minimum absolute atomic E-state index is 0.0133. The first-order valence-electron chi connectivity index (χ1n) is 10.3. The molecule has 0 aliphatic rings. The molecule has 0 saturated carbocycles. The van der Waals surface area contributed by atoms with Crippen LogP contribution in [0.4, 0.5) is 4.39 Å². The van der Waals surface area contributed by atoms with Crippen molar-refractivity contribution in [3.05, 3.63) is 66.1 Å². The van der Waals surface area contributed by atoms with Crippen LogP contribution in [0, 0.1) is 5.82 Å². The van der Waals surface area contributed by atoms with E-state index in [2.05, 4.69) is 23.2 Å². The zero-order valence-electron chi connectivity index (χ0n) is 18.0. The fraction of sp³-hybridized carbons (Fsp3) is 0.320. The summed E-state index contributed by atoms with van der Waals surface area (Å²) >= 11 is 0. The lowest BCUT2D eigenvalue weighted by atomic mass is 10.0. The number of esters is 1. The van der Waals surface area contributed by atoms with Crippen molar-refractivity contribution in [2.45, 2.75) is 44.9 Å². The summed E-state index contributed by atoms with van der Waals surface area (Å²) in [5.74, 6) is -0.828. The maximum absolute atomic E-state index is 13.5. The van der Waals surface area contributed by atoms with Crippen molar-refractivity contribution in [3.63, 3.8) is 0 Å². The molecule has 0 aliphatic carbocycles. The summed E-state index contributed by atoms with van der Waals surface area (Å²) in [7, 11) is 1.26. The van der Waals surface area contributed by atoms with Gasteiger partial charge in [0.1, 0.15) is 5.82 Å². The quantitative estimate of drug-likeness (QED) is 0.513. The molecule has 0 amide bonds. The lowest BCUT2D eigenvalue weighted by Crippen LogP contribution is -2.20. The molecule has 5 nitrogen and oxygen atoms in total. The lowest BCUT2D eigenvalue weighted by Gasteiger charge is -2.15. The molecule has 0 unspecified atom stereocenters. The van der Waals surface area contributed by atoms with Crippen molar-refractivity contribution in [1.82, 2.24) is 4.57 Å². The maximum atomic E-state index is 13.5. The number of halogens is 1. The number of para-hydroxylation sites is 1. The molecule has 6 heteroatoms. The van der Waals surface area contributed by atoms with E-state index in [9.17, 15) is 19.4 Å². The third kappa shape index (κ3) is 5.21. The van der Waals surface area contributed by atoms with Gasteiger partial charge >= 0.3 is 5.97 Å². The third-order valence-corrected chi connectivity index (χ3v) is 5.22. The summed E-state index contributed by atoms with van der Waals surface area (Å²) in [5, 5.41) is 21.4. The van der Waals surface area contributed by atoms with Crippen LogP contribution in [-0.4, -0.2) is 40.1 Å². The molecule has 0 aliphatic heterocycles. The van der Waals surface area contributed by atoms with Gasteiger partial charge in [0.25, 0.3) is 0 Å². The van der Waals surface area contributed by atoms with E-state index in [0.717, 1.165) is 27.7 Å². The molecule has 3 aromatic rings. The largest absolute Gasteiger partial charge is 0.469 e. The van der Waals surface area contributed by atoms with E-state index in [4.69, 9.17) is 0 Å². The number of methoxy groups -OCH3 is 1. The van der Waals surface area contributed by atoms with Crippen molar-refractivity contribution in [1.29, 1.82) is 0 Å². The van der Waals surface area contributed by atoms with Crippen molar-refractivity contribution in [2.75, 3.05) is 7.11 Å². The number of fused-ring (bicyclic) bond motifs is 1. The molecule has 0 bridgehead atoms. The first-order valence-corrected chi connectivity index (χ1v) is 10.3. The van der Waals surface area contributed by atoms with E-state index in [1.165, 1.54) is 19.2 Å². The lowest BCUT2D eigenvalue weighted by molar-refractivity contribution is -0.143. The topological polar surface area (TPSA) is 71.7 Å². The highest BCUT2D eigenvalue weighted by molar-refractivity contribution is 6.01. The molecule has 0 radical (unpaired) electrons. The Labute approximate surface area is 181 Å². The van der Waals surface area contributed by atoms with Gasteiger partial charge in [0.05, 0.1) is 25.7 Å². The zero-order valence-corrected chi connectivity index (χ0v) is 18.0. The smallest absolute Gasteiger partial charge is 0.308 e. The number of aromatic nitrogens is 1. The van der Waals surface area contributed by atoms with Gasteiger partial charge in [-0.25, -0.2) is 4.39 Å². The first kappa shape index (κ1) is 22.7. The van der Waals surface area contributed by atoms with Crippen molar-refractivity contribution >= 4 is 22.9 Å². The summed E-state index contributed by atoms with van der Waals surface area (Å²) in [4.78, 5) is 11.3. The highest BCUT2D eigenvalue weighted by atomic mass is 19.1. The number of carbonyl (C=O) groups excluding carboxylic acids is 1. The van der Waals surface area contributed by atoms with Crippen LogP contribution in [0.2, 0.25) is 0 Å². The van der Waals surface area contributed by atoms with Gasteiger partial charge in [0.2, 0.25) is 0 Å². The van der Waals surface area contributed by atoms with E-state index >= 15 is 0 Å². The second-order valence-corrected chi connectivity index (χ2v) is 7.84. The van der Waals surface area contributed by atoms with Crippen molar-refractivity contribution < 1.29 is 24.1 Å². The van der Waals surface area contributed by atoms with Crippen LogP contribution in [0.3, 0.4) is 0 Å². The molecule has 164 valence electrons. The van der Waals surface area contributed by atoms with Gasteiger partial charge in [0.15, 0.2) is 0 Å². The van der Waals surface area contributed by atoms with Crippen LogP contribution in [0.25, 0.3) is 28.1 Å². The van der Waals surface area contributed by atoms with Crippen LogP contribution in [0.1, 0.15) is 38.4 Å².